The second-order valence-corrected chi connectivity index (χ2v) is 16.7. The highest BCUT2D eigenvalue weighted by Gasteiger charge is 2.14. The van der Waals surface area contributed by atoms with Crippen molar-refractivity contribution in [3.8, 4) is 0 Å². The molecule has 0 spiro atoms. The van der Waals surface area contributed by atoms with E-state index in [0.717, 1.165) is 12.8 Å². The van der Waals surface area contributed by atoms with Crippen LogP contribution in [0.3, 0.4) is 0 Å². The summed E-state index contributed by atoms with van der Waals surface area (Å²) in [5, 5.41) is 0. The van der Waals surface area contributed by atoms with Crippen molar-refractivity contribution in [2.45, 2.75) is 257 Å². The van der Waals surface area contributed by atoms with E-state index >= 15 is 0 Å². The van der Waals surface area contributed by atoms with E-state index in [-0.39, 0.29) is 0 Å². The molecule has 3 heteroatoms. The molecule has 0 aliphatic rings. The average Bonchev–Trinajstić information content (AvgIpc) is 3.06. The maximum absolute atomic E-state index is 6.53. The van der Waals surface area contributed by atoms with Crippen molar-refractivity contribution in [1.82, 2.24) is 0 Å². The third-order valence-electron chi connectivity index (χ3n) is 9.57. The average molecular weight is 671 g/mol. The molecule has 0 aliphatic heterocycles. The van der Waals surface area contributed by atoms with Crippen LogP contribution in [0, 0.1) is 0 Å². The first-order valence-corrected chi connectivity index (χ1v) is 23.3. The van der Waals surface area contributed by atoms with Gasteiger partial charge in [-0.2, -0.15) is 0 Å². The first kappa shape index (κ1) is 45.7. The second-order valence-electron chi connectivity index (χ2n) is 14.2. The quantitative estimate of drug-likeness (QED) is 0.0474. The van der Waals surface area contributed by atoms with Crippen LogP contribution in [0.25, 0.3) is 0 Å². The maximum atomic E-state index is 6.53. The Balaban J connectivity index is 3.47. The molecule has 0 aromatic heterocycles. The van der Waals surface area contributed by atoms with Crippen LogP contribution in [0.4, 0.5) is 0 Å². The summed E-state index contributed by atoms with van der Waals surface area (Å²) in [7, 11) is 0. The molecular formula is C42H86OS2. The standard InChI is InChI=1S/C42H86OS2/c1-5-9-11-13-15-17-19-21-23-25-27-29-31-33-35-37-39-44-41(7-3)43-42(8-4)45-40-38-36-34-32-30-28-26-24-22-20-18-16-14-12-10-6-2/h41-42H,5-40H2,1-4H3. The van der Waals surface area contributed by atoms with Gasteiger partial charge in [0.1, 0.15) is 10.9 Å². The summed E-state index contributed by atoms with van der Waals surface area (Å²) in [6.45, 7) is 9.22. The number of unbranched alkanes of at least 4 members (excludes halogenated alkanes) is 30. The molecule has 0 fully saturated rings. The SMILES string of the molecule is CCCCCCCCCCCCCCCCCCSC(CC)OC(CC)SCCCCCCCCCCCCCCCCCC. The van der Waals surface area contributed by atoms with Crippen molar-refractivity contribution >= 4 is 23.5 Å². The van der Waals surface area contributed by atoms with Crippen molar-refractivity contribution in [3.63, 3.8) is 0 Å². The van der Waals surface area contributed by atoms with Gasteiger partial charge in [0.2, 0.25) is 0 Å². The Labute approximate surface area is 295 Å². The lowest BCUT2D eigenvalue weighted by molar-refractivity contribution is 0.0873. The van der Waals surface area contributed by atoms with Gasteiger partial charge in [0, 0.05) is 0 Å². The zero-order valence-electron chi connectivity index (χ0n) is 31.8. The summed E-state index contributed by atoms with van der Waals surface area (Å²) in [6, 6.07) is 0. The van der Waals surface area contributed by atoms with E-state index in [1.807, 2.05) is 0 Å². The highest BCUT2D eigenvalue weighted by atomic mass is 32.2. The minimum Gasteiger partial charge on any atom is -0.354 e. The van der Waals surface area contributed by atoms with Crippen LogP contribution in [0.1, 0.15) is 246 Å². The molecule has 272 valence electrons. The zero-order chi connectivity index (χ0) is 32.7. The fourth-order valence-electron chi connectivity index (χ4n) is 6.41. The van der Waals surface area contributed by atoms with Gasteiger partial charge in [-0.05, 0) is 37.2 Å². The first-order chi connectivity index (χ1) is 22.3. The maximum Gasteiger partial charge on any atom is 0.104 e. The molecule has 0 rings (SSSR count). The molecule has 0 N–H and O–H groups in total. The van der Waals surface area contributed by atoms with Gasteiger partial charge in [-0.3, -0.25) is 0 Å². The lowest BCUT2D eigenvalue weighted by Crippen LogP contribution is -2.17. The highest BCUT2D eigenvalue weighted by molar-refractivity contribution is 8.00. The highest BCUT2D eigenvalue weighted by Crippen LogP contribution is 2.27. The largest absolute Gasteiger partial charge is 0.354 e. The van der Waals surface area contributed by atoms with Crippen molar-refractivity contribution in [1.29, 1.82) is 0 Å². The van der Waals surface area contributed by atoms with Crippen molar-refractivity contribution in [3.05, 3.63) is 0 Å². The molecule has 0 aromatic carbocycles. The van der Waals surface area contributed by atoms with Crippen LogP contribution >= 0.6 is 23.5 Å². The summed E-state index contributed by atoms with van der Waals surface area (Å²) >= 11 is 4.16. The third-order valence-corrected chi connectivity index (χ3v) is 12.3. The Morgan fingerprint density at radius 3 is 0.689 bits per heavy atom. The molecule has 0 aliphatic carbocycles. The van der Waals surface area contributed by atoms with Gasteiger partial charge in [0.25, 0.3) is 0 Å². The minimum absolute atomic E-state index is 0.393. The molecule has 2 unspecified atom stereocenters. The molecule has 0 heterocycles. The fraction of sp³-hybridized carbons (Fsp3) is 1.00. The fourth-order valence-corrected chi connectivity index (χ4v) is 8.64. The van der Waals surface area contributed by atoms with Gasteiger partial charge in [-0.25, -0.2) is 0 Å². The molecule has 2 atom stereocenters. The number of thioether (sulfide) groups is 2. The molecule has 0 bridgehead atoms. The normalized spacial score (nSPS) is 13.1. The molecule has 1 nitrogen and oxygen atoms in total. The van der Waals surface area contributed by atoms with E-state index in [1.165, 1.54) is 217 Å². The summed E-state index contributed by atoms with van der Waals surface area (Å²) in [6.07, 6.45) is 48.6. The molecular weight excluding hydrogens is 585 g/mol. The van der Waals surface area contributed by atoms with Gasteiger partial charge in [0.15, 0.2) is 0 Å². The molecule has 45 heavy (non-hydrogen) atoms. The lowest BCUT2D eigenvalue weighted by atomic mass is 10.0. The van der Waals surface area contributed by atoms with Gasteiger partial charge < -0.3 is 4.74 Å². The number of hydrogen-bond donors (Lipinski definition) is 0. The minimum atomic E-state index is 0.393. The van der Waals surface area contributed by atoms with Gasteiger partial charge in [0.05, 0.1) is 0 Å². The van der Waals surface area contributed by atoms with E-state index in [2.05, 4.69) is 51.2 Å². The summed E-state index contributed by atoms with van der Waals surface area (Å²) < 4.78 is 6.53. The predicted molar refractivity (Wildman–Crippen MR) is 213 cm³/mol. The molecule has 0 amide bonds. The Morgan fingerprint density at radius 2 is 0.489 bits per heavy atom. The molecule has 0 aromatic rings. The van der Waals surface area contributed by atoms with Crippen LogP contribution in [-0.2, 0) is 4.74 Å². The van der Waals surface area contributed by atoms with Crippen LogP contribution < -0.4 is 0 Å². The number of ether oxygens (including phenoxy) is 1. The van der Waals surface area contributed by atoms with E-state index in [1.54, 1.807) is 0 Å². The van der Waals surface area contributed by atoms with E-state index in [0.29, 0.717) is 10.9 Å². The lowest BCUT2D eigenvalue weighted by Gasteiger charge is -2.22. The number of hydrogen-bond acceptors (Lipinski definition) is 3. The third kappa shape index (κ3) is 37.3. The van der Waals surface area contributed by atoms with E-state index in [4.69, 9.17) is 4.74 Å². The number of rotatable bonds is 40. The first-order valence-electron chi connectivity index (χ1n) is 21.2. The van der Waals surface area contributed by atoms with E-state index in [9.17, 15) is 0 Å². The molecule has 0 radical (unpaired) electrons. The second kappa shape index (κ2) is 40.8. The Morgan fingerprint density at radius 1 is 0.289 bits per heavy atom. The monoisotopic (exact) mass is 671 g/mol. The Bertz CT molecular complexity index is 469. The van der Waals surface area contributed by atoms with Crippen molar-refractivity contribution < 1.29 is 4.74 Å². The van der Waals surface area contributed by atoms with Crippen LogP contribution in [0.5, 0.6) is 0 Å². The smallest absolute Gasteiger partial charge is 0.104 e. The van der Waals surface area contributed by atoms with Crippen molar-refractivity contribution in [2.24, 2.45) is 0 Å². The summed E-state index contributed by atoms with van der Waals surface area (Å²) in [5.74, 6) is 2.55. The van der Waals surface area contributed by atoms with E-state index < -0.39 is 0 Å². The topological polar surface area (TPSA) is 9.23 Å². The zero-order valence-corrected chi connectivity index (χ0v) is 33.5. The predicted octanol–water partition coefficient (Wildman–Crippen LogP) is 16.5. The molecule has 0 saturated carbocycles. The van der Waals surface area contributed by atoms with Crippen LogP contribution in [0.2, 0.25) is 0 Å². The Hall–Kier alpha value is 0.660. The van der Waals surface area contributed by atoms with Crippen LogP contribution in [0.15, 0.2) is 0 Å². The van der Waals surface area contributed by atoms with Gasteiger partial charge in [-0.1, -0.05) is 220 Å². The van der Waals surface area contributed by atoms with Crippen LogP contribution in [-0.4, -0.2) is 22.4 Å². The van der Waals surface area contributed by atoms with Gasteiger partial charge in [-0.15, -0.1) is 23.5 Å². The molecule has 0 saturated heterocycles. The van der Waals surface area contributed by atoms with Crippen molar-refractivity contribution in [2.75, 3.05) is 11.5 Å². The van der Waals surface area contributed by atoms with Gasteiger partial charge >= 0.3 is 0 Å². The summed E-state index contributed by atoms with van der Waals surface area (Å²) in [5.41, 5.74) is 0.786. The Kier molecular flexibility index (Phi) is 41.4. The summed E-state index contributed by atoms with van der Waals surface area (Å²) in [4.78, 5) is 0.